The fraction of sp³-hybridized carbons (Fsp3) is 0.250. The van der Waals surface area contributed by atoms with E-state index >= 15 is 0 Å². The lowest BCUT2D eigenvalue weighted by atomic mass is 10.1. The van der Waals surface area contributed by atoms with E-state index in [1.165, 1.54) is 0 Å². The summed E-state index contributed by atoms with van der Waals surface area (Å²) in [6.07, 6.45) is 2.61. The van der Waals surface area contributed by atoms with E-state index in [-0.39, 0.29) is 0 Å². The Labute approximate surface area is 114 Å². The Hall–Kier alpha value is -1.30. The molecule has 0 fully saturated rings. The molecule has 4 nitrogen and oxygen atoms in total. The maximum Gasteiger partial charge on any atom is 0.159 e. The van der Waals surface area contributed by atoms with Crippen molar-refractivity contribution in [2.45, 2.75) is 13.0 Å². The summed E-state index contributed by atoms with van der Waals surface area (Å²) in [5.41, 5.74) is 2.85. The van der Waals surface area contributed by atoms with Crippen LogP contribution in [-0.4, -0.2) is 21.5 Å². The number of aromatic nitrogens is 3. The summed E-state index contributed by atoms with van der Waals surface area (Å²) in [7, 11) is 0. The molecule has 1 aliphatic rings. The Kier molecular flexibility index (Phi) is 3.11. The summed E-state index contributed by atoms with van der Waals surface area (Å²) in [6, 6.07) is 3.59. The lowest BCUT2D eigenvalue weighted by Crippen LogP contribution is -2.25. The van der Waals surface area contributed by atoms with E-state index in [0.717, 1.165) is 30.8 Å². The van der Waals surface area contributed by atoms with Crippen LogP contribution in [0.15, 0.2) is 18.3 Å². The first-order valence-electron chi connectivity index (χ1n) is 5.69. The first-order chi connectivity index (χ1) is 8.75. The largest absolute Gasteiger partial charge is 0.341 e. The molecular weight excluding hydrogens is 268 g/mol. The quantitative estimate of drug-likeness (QED) is 0.787. The minimum Gasteiger partial charge on any atom is -0.341 e. The van der Waals surface area contributed by atoms with Crippen molar-refractivity contribution in [1.82, 2.24) is 20.3 Å². The van der Waals surface area contributed by atoms with Crippen molar-refractivity contribution in [3.8, 4) is 11.5 Å². The van der Waals surface area contributed by atoms with Crippen LogP contribution in [0.4, 0.5) is 0 Å². The Morgan fingerprint density at radius 3 is 3.11 bits per heavy atom. The molecular formula is C12H11ClN4S. The van der Waals surface area contributed by atoms with Crippen molar-refractivity contribution in [1.29, 1.82) is 0 Å². The Bertz CT molecular complexity index is 653. The third-order valence-corrected chi connectivity index (χ3v) is 3.58. The molecule has 92 valence electrons. The van der Waals surface area contributed by atoms with Gasteiger partial charge in [-0.1, -0.05) is 23.8 Å². The summed E-state index contributed by atoms with van der Waals surface area (Å²) < 4.78 is 0.618. The first-order valence-corrected chi connectivity index (χ1v) is 6.48. The number of nitrogens with one attached hydrogen (secondary N) is 2. The normalized spacial score (nSPS) is 14.3. The van der Waals surface area contributed by atoms with Crippen molar-refractivity contribution in [3.05, 3.63) is 39.3 Å². The van der Waals surface area contributed by atoms with Crippen molar-refractivity contribution >= 4 is 23.8 Å². The Morgan fingerprint density at radius 2 is 2.28 bits per heavy atom. The van der Waals surface area contributed by atoms with Gasteiger partial charge >= 0.3 is 0 Å². The molecule has 0 atom stereocenters. The molecule has 0 radical (unpaired) electrons. The summed E-state index contributed by atoms with van der Waals surface area (Å²) >= 11 is 11.5. The third-order valence-electron chi connectivity index (χ3n) is 2.94. The van der Waals surface area contributed by atoms with Crippen LogP contribution in [0.1, 0.15) is 11.3 Å². The van der Waals surface area contributed by atoms with Gasteiger partial charge in [-0.05, 0) is 12.1 Å². The van der Waals surface area contributed by atoms with E-state index in [0.29, 0.717) is 21.2 Å². The molecule has 3 rings (SSSR count). The van der Waals surface area contributed by atoms with Crippen LogP contribution in [0.25, 0.3) is 11.5 Å². The Balaban J connectivity index is 2.17. The second-order valence-corrected chi connectivity index (χ2v) is 4.90. The maximum absolute atomic E-state index is 6.13. The molecule has 0 spiro atoms. The minimum absolute atomic E-state index is 0.574. The predicted octanol–water partition coefficient (Wildman–Crippen LogP) is 2.50. The van der Waals surface area contributed by atoms with E-state index in [1.54, 1.807) is 18.3 Å². The number of H-pyrrole nitrogens is 1. The molecule has 0 saturated heterocycles. The topological polar surface area (TPSA) is 53.6 Å². The molecule has 18 heavy (non-hydrogen) atoms. The highest BCUT2D eigenvalue weighted by Crippen LogP contribution is 2.23. The number of fused-ring (bicyclic) bond motifs is 1. The average Bonchev–Trinajstić information content (AvgIpc) is 2.39. The zero-order valence-electron chi connectivity index (χ0n) is 9.53. The van der Waals surface area contributed by atoms with E-state index in [9.17, 15) is 0 Å². The highest BCUT2D eigenvalue weighted by molar-refractivity contribution is 7.71. The van der Waals surface area contributed by atoms with Gasteiger partial charge in [-0.15, -0.1) is 0 Å². The number of hydrogen-bond acceptors (Lipinski definition) is 4. The molecule has 0 unspecified atom stereocenters. The molecule has 3 heterocycles. The zero-order chi connectivity index (χ0) is 12.5. The van der Waals surface area contributed by atoms with Crippen LogP contribution in [-0.2, 0) is 13.0 Å². The van der Waals surface area contributed by atoms with Crippen LogP contribution in [0, 0.1) is 4.64 Å². The fourth-order valence-electron chi connectivity index (χ4n) is 2.04. The second kappa shape index (κ2) is 4.76. The van der Waals surface area contributed by atoms with Crippen LogP contribution >= 0.6 is 23.8 Å². The lowest BCUT2D eigenvalue weighted by molar-refractivity contribution is 0.624. The fourth-order valence-corrected chi connectivity index (χ4v) is 2.54. The Morgan fingerprint density at radius 1 is 1.39 bits per heavy atom. The number of rotatable bonds is 1. The highest BCUT2D eigenvalue weighted by atomic mass is 35.5. The molecule has 0 saturated carbocycles. The molecule has 2 aromatic rings. The van der Waals surface area contributed by atoms with E-state index in [2.05, 4.69) is 20.3 Å². The van der Waals surface area contributed by atoms with E-state index in [4.69, 9.17) is 23.8 Å². The number of nitrogens with zero attached hydrogens (tertiary/aromatic N) is 2. The number of aromatic amines is 1. The maximum atomic E-state index is 6.13. The van der Waals surface area contributed by atoms with Gasteiger partial charge in [-0.2, -0.15) is 0 Å². The van der Waals surface area contributed by atoms with Gasteiger partial charge in [0, 0.05) is 37.0 Å². The average molecular weight is 279 g/mol. The van der Waals surface area contributed by atoms with Gasteiger partial charge in [0.2, 0.25) is 0 Å². The van der Waals surface area contributed by atoms with Crippen LogP contribution in [0.2, 0.25) is 5.02 Å². The smallest absolute Gasteiger partial charge is 0.159 e. The first kappa shape index (κ1) is 11.8. The van der Waals surface area contributed by atoms with Gasteiger partial charge in [0.25, 0.3) is 0 Å². The van der Waals surface area contributed by atoms with Crippen LogP contribution in [0.5, 0.6) is 0 Å². The molecule has 0 bridgehead atoms. The number of halogens is 1. The van der Waals surface area contributed by atoms with E-state index < -0.39 is 0 Å². The van der Waals surface area contributed by atoms with Crippen LogP contribution < -0.4 is 5.32 Å². The second-order valence-electron chi connectivity index (χ2n) is 4.11. The SMILES string of the molecule is S=c1nc(-c2ncccc2Cl)[nH]c2c1CNCC2. The van der Waals surface area contributed by atoms with Gasteiger partial charge in [0.05, 0.1) is 5.02 Å². The number of hydrogen-bond donors (Lipinski definition) is 2. The summed E-state index contributed by atoms with van der Waals surface area (Å²) in [4.78, 5) is 11.9. The van der Waals surface area contributed by atoms with Crippen LogP contribution in [0.3, 0.4) is 0 Å². The van der Waals surface area contributed by atoms with Crippen molar-refractivity contribution in [3.63, 3.8) is 0 Å². The van der Waals surface area contributed by atoms with Gasteiger partial charge in [-0.25, -0.2) is 4.98 Å². The molecule has 0 aromatic carbocycles. The molecule has 0 amide bonds. The molecule has 6 heteroatoms. The van der Waals surface area contributed by atoms with Crippen molar-refractivity contribution in [2.75, 3.05) is 6.54 Å². The standard InChI is InChI=1S/C12H11ClN4S/c13-8-2-1-4-15-10(8)11-16-9-3-5-14-6-7(9)12(18)17-11/h1-2,4,14H,3,5-6H2,(H,16,17,18). The monoisotopic (exact) mass is 278 g/mol. The molecule has 0 aliphatic carbocycles. The number of pyridine rings is 1. The molecule has 2 aromatic heterocycles. The van der Waals surface area contributed by atoms with Gasteiger partial charge in [0.1, 0.15) is 10.3 Å². The van der Waals surface area contributed by atoms with Gasteiger partial charge in [0.15, 0.2) is 5.82 Å². The summed E-state index contributed by atoms with van der Waals surface area (Å²) in [6.45, 7) is 1.71. The lowest BCUT2D eigenvalue weighted by Gasteiger charge is -2.17. The third kappa shape index (κ3) is 2.05. The molecule has 2 N–H and O–H groups in total. The van der Waals surface area contributed by atoms with E-state index in [1.807, 2.05) is 0 Å². The summed E-state index contributed by atoms with van der Waals surface area (Å²) in [5, 5.41) is 3.86. The van der Waals surface area contributed by atoms with Gasteiger partial charge in [-0.3, -0.25) is 4.98 Å². The predicted molar refractivity (Wildman–Crippen MR) is 73.1 cm³/mol. The zero-order valence-corrected chi connectivity index (χ0v) is 11.1. The van der Waals surface area contributed by atoms with Gasteiger partial charge < -0.3 is 10.3 Å². The molecule has 1 aliphatic heterocycles. The highest BCUT2D eigenvalue weighted by Gasteiger charge is 2.15. The summed E-state index contributed by atoms with van der Waals surface area (Å²) in [5.74, 6) is 0.645. The van der Waals surface area contributed by atoms with Crippen molar-refractivity contribution < 1.29 is 0 Å². The minimum atomic E-state index is 0.574. The van der Waals surface area contributed by atoms with Crippen molar-refractivity contribution in [2.24, 2.45) is 0 Å².